The van der Waals surface area contributed by atoms with Crippen LogP contribution < -0.4 is 4.74 Å². The summed E-state index contributed by atoms with van der Waals surface area (Å²) in [5.74, 6) is 0.585. The molecule has 1 fully saturated rings. The molecule has 22 heavy (non-hydrogen) atoms. The van der Waals surface area contributed by atoms with Crippen molar-refractivity contribution in [2.45, 2.75) is 12.7 Å². The number of hydrogen-bond donors (Lipinski definition) is 1. The van der Waals surface area contributed by atoms with E-state index in [9.17, 15) is 9.90 Å². The van der Waals surface area contributed by atoms with Crippen molar-refractivity contribution in [1.29, 1.82) is 0 Å². The van der Waals surface area contributed by atoms with E-state index in [1.165, 1.54) is 11.0 Å². The highest BCUT2D eigenvalue weighted by molar-refractivity contribution is 6.35. The summed E-state index contributed by atoms with van der Waals surface area (Å²) in [4.78, 5) is 13.5. The van der Waals surface area contributed by atoms with E-state index in [0.29, 0.717) is 34.6 Å². The van der Waals surface area contributed by atoms with Crippen LogP contribution in [0.4, 0.5) is 0 Å². The molecule has 0 bridgehead atoms. The van der Waals surface area contributed by atoms with Gasteiger partial charge in [0.05, 0.1) is 11.1 Å². The Kier molecular flexibility index (Phi) is 4.24. The molecule has 3 rings (SSSR count). The van der Waals surface area contributed by atoms with E-state index in [1.807, 2.05) is 0 Å². The van der Waals surface area contributed by atoms with E-state index in [1.54, 1.807) is 18.2 Å². The minimum atomic E-state index is -0.453. The number of carbonyl (C=O) groups excluding carboxylic acids is 1. The molecular weight excluding hydrogens is 331 g/mol. The fraction of sp³-hybridized carbons (Fsp3) is 0.286. The second kappa shape index (κ2) is 6.16. The Morgan fingerprint density at radius 1 is 1.41 bits per heavy atom. The number of ether oxygens (including phenoxy) is 1. The normalized spacial score (nSPS) is 14.8. The van der Waals surface area contributed by atoms with E-state index in [-0.39, 0.29) is 18.2 Å². The number of aliphatic hydroxyl groups is 1. The summed E-state index contributed by atoms with van der Waals surface area (Å²) in [5.41, 5.74) is 0.188. The lowest BCUT2D eigenvalue weighted by Gasteiger charge is -2.35. The van der Waals surface area contributed by atoms with Crippen molar-refractivity contribution in [2.24, 2.45) is 0 Å². The molecule has 1 N–H and O–H groups in total. The molecule has 0 aliphatic carbocycles. The Bertz CT molecular complexity index is 698. The van der Waals surface area contributed by atoms with Gasteiger partial charge in [-0.2, -0.15) is 0 Å². The number of carbonyl (C=O) groups is 1. The van der Waals surface area contributed by atoms with Crippen LogP contribution in [-0.4, -0.2) is 40.3 Å². The van der Waals surface area contributed by atoms with Gasteiger partial charge in [0.1, 0.15) is 12.4 Å². The summed E-state index contributed by atoms with van der Waals surface area (Å²) in [6, 6.07) is 6.39. The number of aliphatic hydroxyl groups excluding tert-OH is 1. The maximum atomic E-state index is 12.0. The summed E-state index contributed by atoms with van der Waals surface area (Å²) in [5, 5.41) is 13.8. The molecule has 0 radical (unpaired) electrons. The van der Waals surface area contributed by atoms with Crippen LogP contribution in [0, 0.1) is 0 Å². The van der Waals surface area contributed by atoms with Crippen LogP contribution in [0.2, 0.25) is 10.0 Å². The maximum Gasteiger partial charge on any atom is 0.276 e. The zero-order valence-electron chi connectivity index (χ0n) is 11.3. The fourth-order valence-electron chi connectivity index (χ4n) is 2.01. The van der Waals surface area contributed by atoms with Gasteiger partial charge in [0.15, 0.2) is 11.5 Å². The van der Waals surface area contributed by atoms with Crippen LogP contribution in [0.5, 0.6) is 5.75 Å². The van der Waals surface area contributed by atoms with Crippen LogP contribution >= 0.6 is 23.2 Å². The Hall–Kier alpha value is -1.76. The van der Waals surface area contributed by atoms with Crippen molar-refractivity contribution in [3.63, 3.8) is 0 Å². The molecule has 0 unspecified atom stereocenters. The molecule has 1 aromatic heterocycles. The molecule has 1 aromatic carbocycles. The standard InChI is InChI=1S/C14H12Cl2N2O4/c15-8-1-2-13(11(16)3-8)21-7-10-4-12(17-22-10)14(20)18-5-9(19)6-18/h1-4,9,19H,5-7H2. The first-order chi connectivity index (χ1) is 10.5. The maximum absolute atomic E-state index is 12.0. The third-order valence-corrected chi connectivity index (χ3v) is 3.72. The minimum absolute atomic E-state index is 0.0876. The third-order valence-electron chi connectivity index (χ3n) is 3.19. The number of nitrogens with zero attached hydrogens (tertiary/aromatic N) is 2. The molecule has 0 spiro atoms. The number of aromatic nitrogens is 1. The lowest BCUT2D eigenvalue weighted by atomic mass is 10.1. The summed E-state index contributed by atoms with van der Waals surface area (Å²) in [6.07, 6.45) is -0.453. The van der Waals surface area contributed by atoms with Crippen LogP contribution in [0.25, 0.3) is 0 Å². The third kappa shape index (κ3) is 3.19. The molecule has 1 amide bonds. The van der Waals surface area contributed by atoms with Crippen molar-refractivity contribution in [3.05, 3.63) is 45.8 Å². The van der Waals surface area contributed by atoms with E-state index in [4.69, 9.17) is 32.5 Å². The zero-order chi connectivity index (χ0) is 15.7. The first-order valence-corrected chi connectivity index (χ1v) is 7.29. The summed E-state index contributed by atoms with van der Waals surface area (Å²) in [6.45, 7) is 0.722. The molecule has 1 saturated heterocycles. The quantitative estimate of drug-likeness (QED) is 0.923. The number of benzene rings is 1. The molecular formula is C14H12Cl2N2O4. The average Bonchev–Trinajstić information content (AvgIpc) is 2.91. The van der Waals surface area contributed by atoms with Gasteiger partial charge < -0.3 is 19.3 Å². The van der Waals surface area contributed by atoms with Crippen molar-refractivity contribution in [3.8, 4) is 5.75 Å². The van der Waals surface area contributed by atoms with Crippen molar-refractivity contribution >= 4 is 29.1 Å². The predicted molar refractivity (Wildman–Crippen MR) is 79.2 cm³/mol. The molecule has 2 heterocycles. The first-order valence-electron chi connectivity index (χ1n) is 6.53. The average molecular weight is 343 g/mol. The molecule has 8 heteroatoms. The molecule has 0 saturated carbocycles. The number of β-amino-alcohol motifs (C(OH)–C–C–N with tert-alkyl or cyclic N) is 1. The SMILES string of the molecule is O=C(c1cc(COc2ccc(Cl)cc2Cl)on1)N1CC(O)C1. The molecule has 6 nitrogen and oxygen atoms in total. The van der Waals surface area contributed by atoms with E-state index < -0.39 is 6.10 Å². The second-order valence-corrected chi connectivity index (χ2v) is 5.75. The summed E-state index contributed by atoms with van der Waals surface area (Å²) in [7, 11) is 0. The highest BCUT2D eigenvalue weighted by Gasteiger charge is 2.31. The molecule has 1 aliphatic rings. The minimum Gasteiger partial charge on any atom is -0.484 e. The van der Waals surface area contributed by atoms with Gasteiger partial charge in [0.2, 0.25) is 0 Å². The van der Waals surface area contributed by atoms with Gasteiger partial charge in [-0.3, -0.25) is 4.79 Å². The number of rotatable bonds is 4. The van der Waals surface area contributed by atoms with Crippen LogP contribution in [-0.2, 0) is 6.61 Å². The predicted octanol–water partition coefficient (Wildman–Crippen LogP) is 2.38. The largest absolute Gasteiger partial charge is 0.484 e. The lowest BCUT2D eigenvalue weighted by molar-refractivity contribution is 0.00524. The highest BCUT2D eigenvalue weighted by atomic mass is 35.5. The summed E-state index contributed by atoms with van der Waals surface area (Å²) < 4.78 is 10.6. The fourth-order valence-corrected chi connectivity index (χ4v) is 2.47. The van der Waals surface area contributed by atoms with Crippen molar-refractivity contribution in [1.82, 2.24) is 10.1 Å². The van der Waals surface area contributed by atoms with Gasteiger partial charge in [-0.25, -0.2) is 0 Å². The van der Waals surface area contributed by atoms with Crippen molar-refractivity contribution in [2.75, 3.05) is 13.1 Å². The molecule has 116 valence electrons. The molecule has 0 atom stereocenters. The van der Waals surface area contributed by atoms with Crippen LogP contribution in [0.3, 0.4) is 0 Å². The highest BCUT2D eigenvalue weighted by Crippen LogP contribution is 2.28. The van der Waals surface area contributed by atoms with Crippen molar-refractivity contribution < 1.29 is 19.2 Å². The van der Waals surface area contributed by atoms with Gasteiger partial charge >= 0.3 is 0 Å². The van der Waals surface area contributed by atoms with E-state index in [0.717, 1.165) is 0 Å². The first kappa shape index (κ1) is 15.1. The Labute approximate surface area is 136 Å². The number of amides is 1. The number of halogens is 2. The smallest absolute Gasteiger partial charge is 0.276 e. The van der Waals surface area contributed by atoms with Gasteiger partial charge in [0, 0.05) is 24.2 Å². The van der Waals surface area contributed by atoms with Gasteiger partial charge in [-0.15, -0.1) is 0 Å². The Balaban J connectivity index is 1.61. The Morgan fingerprint density at radius 2 is 2.18 bits per heavy atom. The van der Waals surface area contributed by atoms with Gasteiger partial charge in [-0.05, 0) is 18.2 Å². The van der Waals surface area contributed by atoms with Gasteiger partial charge in [-0.1, -0.05) is 28.4 Å². The molecule has 1 aliphatic heterocycles. The van der Waals surface area contributed by atoms with Crippen LogP contribution in [0.1, 0.15) is 16.2 Å². The lowest BCUT2D eigenvalue weighted by Crippen LogP contribution is -2.53. The topological polar surface area (TPSA) is 75.8 Å². The zero-order valence-corrected chi connectivity index (χ0v) is 12.8. The van der Waals surface area contributed by atoms with E-state index in [2.05, 4.69) is 5.16 Å². The molecule has 2 aromatic rings. The van der Waals surface area contributed by atoms with E-state index >= 15 is 0 Å². The second-order valence-electron chi connectivity index (χ2n) is 4.91. The van der Waals surface area contributed by atoms with Crippen LogP contribution in [0.15, 0.2) is 28.8 Å². The number of likely N-dealkylation sites (tertiary alicyclic amines) is 1. The summed E-state index contributed by atoms with van der Waals surface area (Å²) >= 11 is 11.8. The Morgan fingerprint density at radius 3 is 2.86 bits per heavy atom. The van der Waals surface area contributed by atoms with Gasteiger partial charge in [0.25, 0.3) is 5.91 Å². The number of hydrogen-bond acceptors (Lipinski definition) is 5. The monoisotopic (exact) mass is 342 g/mol.